The molecule has 1 saturated heterocycles. The third-order valence-corrected chi connectivity index (χ3v) is 4.93. The molecule has 4 heteroatoms. The summed E-state index contributed by atoms with van der Waals surface area (Å²) in [7, 11) is 1.69. The zero-order valence-corrected chi connectivity index (χ0v) is 13.4. The first kappa shape index (κ1) is 15.3. The molecule has 22 heavy (non-hydrogen) atoms. The molecular weight excluding hydrogens is 276 g/mol. The zero-order chi connectivity index (χ0) is 15.4. The van der Waals surface area contributed by atoms with Gasteiger partial charge in [0.1, 0.15) is 11.5 Å². The van der Waals surface area contributed by atoms with Gasteiger partial charge in [0, 0.05) is 37.3 Å². The van der Waals surface area contributed by atoms with E-state index in [1.807, 2.05) is 18.2 Å². The SMILES string of the molecule is COc1cccc(NC2CCN(C3CCCCC3=O)CC2)c1. The molecule has 3 rings (SSSR count). The molecule has 0 spiro atoms. The summed E-state index contributed by atoms with van der Waals surface area (Å²) in [6.07, 6.45) is 6.34. The summed E-state index contributed by atoms with van der Waals surface area (Å²) in [5.74, 6) is 1.35. The Kier molecular flexibility index (Phi) is 4.98. The number of ether oxygens (including phenoxy) is 1. The normalized spacial score (nSPS) is 24.2. The fourth-order valence-electron chi connectivity index (χ4n) is 3.65. The number of likely N-dealkylation sites (tertiary alicyclic amines) is 1. The first-order chi connectivity index (χ1) is 10.8. The van der Waals surface area contributed by atoms with Gasteiger partial charge in [-0.1, -0.05) is 12.5 Å². The maximum Gasteiger partial charge on any atom is 0.149 e. The van der Waals surface area contributed by atoms with Crippen molar-refractivity contribution in [3.63, 3.8) is 0 Å². The highest BCUT2D eigenvalue weighted by molar-refractivity contribution is 5.84. The molecule has 1 saturated carbocycles. The summed E-state index contributed by atoms with van der Waals surface area (Å²) in [4.78, 5) is 14.5. The number of Topliss-reactive ketones (excluding diaryl/α,β-unsaturated/α-hetero) is 1. The predicted molar refractivity (Wildman–Crippen MR) is 88.5 cm³/mol. The molecule has 1 unspecified atom stereocenters. The van der Waals surface area contributed by atoms with E-state index in [0.29, 0.717) is 11.8 Å². The smallest absolute Gasteiger partial charge is 0.149 e. The van der Waals surface area contributed by atoms with Crippen LogP contribution in [0.3, 0.4) is 0 Å². The van der Waals surface area contributed by atoms with Crippen LogP contribution in [0.5, 0.6) is 5.75 Å². The monoisotopic (exact) mass is 302 g/mol. The van der Waals surface area contributed by atoms with Gasteiger partial charge >= 0.3 is 0 Å². The van der Waals surface area contributed by atoms with Crippen LogP contribution in [0, 0.1) is 0 Å². The van der Waals surface area contributed by atoms with Gasteiger partial charge in [0.15, 0.2) is 0 Å². The zero-order valence-electron chi connectivity index (χ0n) is 13.4. The lowest BCUT2D eigenvalue weighted by Crippen LogP contribution is -2.48. The molecule has 120 valence electrons. The Morgan fingerprint density at radius 3 is 2.73 bits per heavy atom. The Labute approximate surface area is 132 Å². The van der Waals surface area contributed by atoms with E-state index in [2.05, 4.69) is 16.3 Å². The van der Waals surface area contributed by atoms with Crippen LogP contribution in [0.25, 0.3) is 0 Å². The second-order valence-electron chi connectivity index (χ2n) is 6.41. The number of hydrogen-bond acceptors (Lipinski definition) is 4. The van der Waals surface area contributed by atoms with E-state index >= 15 is 0 Å². The summed E-state index contributed by atoms with van der Waals surface area (Å²) in [6.45, 7) is 2.05. The molecule has 0 aromatic heterocycles. The molecule has 1 heterocycles. The van der Waals surface area contributed by atoms with Gasteiger partial charge in [-0.2, -0.15) is 0 Å². The highest BCUT2D eigenvalue weighted by Crippen LogP contribution is 2.25. The van der Waals surface area contributed by atoms with Crippen molar-refractivity contribution < 1.29 is 9.53 Å². The number of benzene rings is 1. The van der Waals surface area contributed by atoms with Gasteiger partial charge in [0.2, 0.25) is 0 Å². The molecule has 1 atom stereocenters. The highest BCUT2D eigenvalue weighted by Gasteiger charge is 2.30. The molecule has 2 fully saturated rings. The fourth-order valence-corrected chi connectivity index (χ4v) is 3.65. The lowest BCUT2D eigenvalue weighted by atomic mass is 9.91. The van der Waals surface area contributed by atoms with E-state index in [1.165, 1.54) is 6.42 Å². The van der Waals surface area contributed by atoms with Crippen LogP contribution in [0.2, 0.25) is 0 Å². The maximum absolute atomic E-state index is 12.1. The molecule has 1 aliphatic carbocycles. The Balaban J connectivity index is 1.52. The molecule has 0 radical (unpaired) electrons. The summed E-state index contributed by atoms with van der Waals surface area (Å²) in [6, 6.07) is 8.78. The van der Waals surface area contributed by atoms with Crippen molar-refractivity contribution in [3.8, 4) is 5.75 Å². The van der Waals surface area contributed by atoms with Crippen LogP contribution in [-0.2, 0) is 4.79 Å². The van der Waals surface area contributed by atoms with Gasteiger partial charge in [0.05, 0.1) is 13.2 Å². The van der Waals surface area contributed by atoms with Crippen LogP contribution < -0.4 is 10.1 Å². The van der Waals surface area contributed by atoms with Crippen molar-refractivity contribution >= 4 is 11.5 Å². The molecule has 1 aromatic rings. The van der Waals surface area contributed by atoms with E-state index < -0.39 is 0 Å². The van der Waals surface area contributed by atoms with Gasteiger partial charge in [-0.3, -0.25) is 9.69 Å². The minimum Gasteiger partial charge on any atom is -0.497 e. The maximum atomic E-state index is 12.1. The Bertz CT molecular complexity index is 510. The van der Waals surface area contributed by atoms with E-state index in [-0.39, 0.29) is 6.04 Å². The standard InChI is InChI=1S/C18H26N2O2/c1-22-16-6-4-5-15(13-16)19-14-9-11-20(12-10-14)17-7-2-3-8-18(17)21/h4-6,13-14,17,19H,2-3,7-12H2,1H3. The molecule has 1 aromatic carbocycles. The van der Waals surface area contributed by atoms with Crippen molar-refractivity contribution in [2.45, 2.75) is 50.6 Å². The van der Waals surface area contributed by atoms with Gasteiger partial charge in [-0.25, -0.2) is 0 Å². The lowest BCUT2D eigenvalue weighted by Gasteiger charge is -2.38. The van der Waals surface area contributed by atoms with E-state index in [0.717, 1.165) is 56.6 Å². The minimum atomic E-state index is 0.200. The first-order valence-corrected chi connectivity index (χ1v) is 8.43. The summed E-state index contributed by atoms with van der Waals surface area (Å²) in [5.41, 5.74) is 1.12. The van der Waals surface area contributed by atoms with Crippen LogP contribution in [-0.4, -0.2) is 43.0 Å². The van der Waals surface area contributed by atoms with Crippen molar-refractivity contribution in [3.05, 3.63) is 24.3 Å². The molecule has 4 nitrogen and oxygen atoms in total. The van der Waals surface area contributed by atoms with E-state index in [1.54, 1.807) is 7.11 Å². The third-order valence-electron chi connectivity index (χ3n) is 4.93. The van der Waals surface area contributed by atoms with E-state index in [4.69, 9.17) is 4.74 Å². The number of anilines is 1. The number of carbonyl (C=O) groups excluding carboxylic acids is 1. The summed E-state index contributed by atoms with van der Waals surface area (Å²) in [5, 5.41) is 3.60. The minimum absolute atomic E-state index is 0.200. The number of carbonyl (C=O) groups is 1. The highest BCUT2D eigenvalue weighted by atomic mass is 16.5. The Morgan fingerprint density at radius 1 is 1.18 bits per heavy atom. The van der Waals surface area contributed by atoms with Gasteiger partial charge < -0.3 is 10.1 Å². The van der Waals surface area contributed by atoms with Crippen LogP contribution in [0.1, 0.15) is 38.5 Å². The van der Waals surface area contributed by atoms with Crippen molar-refractivity contribution in [1.29, 1.82) is 0 Å². The van der Waals surface area contributed by atoms with Crippen LogP contribution in [0.4, 0.5) is 5.69 Å². The largest absolute Gasteiger partial charge is 0.497 e. The molecule has 1 N–H and O–H groups in total. The number of ketones is 1. The molecule has 2 aliphatic rings. The third kappa shape index (κ3) is 3.61. The van der Waals surface area contributed by atoms with E-state index in [9.17, 15) is 4.79 Å². The number of methoxy groups -OCH3 is 1. The number of nitrogens with one attached hydrogen (secondary N) is 1. The lowest BCUT2D eigenvalue weighted by molar-refractivity contribution is -0.126. The number of piperidine rings is 1. The fraction of sp³-hybridized carbons (Fsp3) is 0.611. The van der Waals surface area contributed by atoms with Crippen LogP contribution in [0.15, 0.2) is 24.3 Å². The van der Waals surface area contributed by atoms with Crippen molar-refractivity contribution in [1.82, 2.24) is 4.90 Å². The average molecular weight is 302 g/mol. The quantitative estimate of drug-likeness (QED) is 0.928. The summed E-state index contributed by atoms with van der Waals surface area (Å²) < 4.78 is 5.27. The first-order valence-electron chi connectivity index (χ1n) is 8.43. The van der Waals surface area contributed by atoms with Gasteiger partial charge in [-0.05, 0) is 37.8 Å². The molecular formula is C18H26N2O2. The average Bonchev–Trinajstić information content (AvgIpc) is 2.56. The topological polar surface area (TPSA) is 41.6 Å². The van der Waals surface area contributed by atoms with Crippen LogP contribution >= 0.6 is 0 Å². The van der Waals surface area contributed by atoms with Crippen molar-refractivity contribution in [2.24, 2.45) is 0 Å². The second kappa shape index (κ2) is 7.14. The van der Waals surface area contributed by atoms with Crippen molar-refractivity contribution in [2.75, 3.05) is 25.5 Å². The predicted octanol–water partition coefficient (Wildman–Crippen LogP) is 3.08. The second-order valence-corrected chi connectivity index (χ2v) is 6.41. The van der Waals surface area contributed by atoms with Gasteiger partial charge in [0.25, 0.3) is 0 Å². The Morgan fingerprint density at radius 2 is 2.00 bits per heavy atom. The molecule has 1 aliphatic heterocycles. The molecule has 0 bridgehead atoms. The number of hydrogen-bond donors (Lipinski definition) is 1. The molecule has 0 amide bonds. The number of nitrogens with zero attached hydrogens (tertiary/aromatic N) is 1. The Hall–Kier alpha value is -1.55. The van der Waals surface area contributed by atoms with Gasteiger partial charge in [-0.15, -0.1) is 0 Å². The number of rotatable bonds is 4. The summed E-state index contributed by atoms with van der Waals surface area (Å²) >= 11 is 0.